The largest absolute Gasteiger partial charge is 0.308 e. The first-order valence-corrected chi connectivity index (χ1v) is 10.0. The Kier molecular flexibility index (Phi) is 4.94. The van der Waals surface area contributed by atoms with E-state index in [4.69, 9.17) is 0 Å². The summed E-state index contributed by atoms with van der Waals surface area (Å²) >= 11 is 1.44. The fraction of sp³-hybridized carbons (Fsp3) is 0.300. The number of amides is 1. The standard InChI is InChI=1S/C20H21N5OS/c1-3-24-19(15-8-10-21-11-9-15)22-23-20(24)27-13-18(26)25-14(2)12-16-6-4-5-7-17(16)25/h4-11,14H,3,12-13H2,1-2H3. The molecule has 1 aliphatic rings. The van der Waals surface area contributed by atoms with E-state index in [2.05, 4.69) is 35.1 Å². The van der Waals surface area contributed by atoms with Crippen molar-refractivity contribution in [2.45, 2.75) is 38.0 Å². The van der Waals surface area contributed by atoms with Gasteiger partial charge in [-0.2, -0.15) is 0 Å². The van der Waals surface area contributed by atoms with Gasteiger partial charge >= 0.3 is 0 Å². The number of hydrogen-bond donors (Lipinski definition) is 0. The van der Waals surface area contributed by atoms with Crippen LogP contribution in [0.2, 0.25) is 0 Å². The predicted molar refractivity (Wildman–Crippen MR) is 107 cm³/mol. The number of nitrogens with zero attached hydrogens (tertiary/aromatic N) is 5. The average Bonchev–Trinajstić information content (AvgIpc) is 3.26. The number of fused-ring (bicyclic) bond motifs is 1. The Bertz CT molecular complexity index is 956. The van der Waals surface area contributed by atoms with Crippen molar-refractivity contribution in [1.82, 2.24) is 19.7 Å². The lowest BCUT2D eigenvalue weighted by atomic mass is 10.1. The van der Waals surface area contributed by atoms with Crippen molar-refractivity contribution >= 4 is 23.4 Å². The van der Waals surface area contributed by atoms with Crippen LogP contribution in [0.4, 0.5) is 5.69 Å². The smallest absolute Gasteiger partial charge is 0.237 e. The molecule has 27 heavy (non-hydrogen) atoms. The molecule has 0 bridgehead atoms. The zero-order valence-corrected chi connectivity index (χ0v) is 16.2. The molecule has 6 nitrogen and oxygen atoms in total. The minimum atomic E-state index is 0.105. The number of aromatic nitrogens is 4. The molecule has 2 aromatic heterocycles. The van der Waals surface area contributed by atoms with Crippen molar-refractivity contribution in [3.63, 3.8) is 0 Å². The van der Waals surface area contributed by atoms with Gasteiger partial charge in [0.15, 0.2) is 11.0 Å². The van der Waals surface area contributed by atoms with Crippen LogP contribution in [-0.2, 0) is 17.8 Å². The van der Waals surface area contributed by atoms with Gasteiger partial charge in [-0.15, -0.1) is 10.2 Å². The highest BCUT2D eigenvalue weighted by atomic mass is 32.2. The molecule has 4 rings (SSSR count). The molecule has 0 N–H and O–H groups in total. The molecule has 3 heterocycles. The van der Waals surface area contributed by atoms with E-state index in [0.717, 1.165) is 35.2 Å². The maximum atomic E-state index is 12.9. The summed E-state index contributed by atoms with van der Waals surface area (Å²) < 4.78 is 2.04. The summed E-state index contributed by atoms with van der Waals surface area (Å²) in [6, 6.07) is 12.2. The average molecular weight is 379 g/mol. The molecule has 1 aromatic carbocycles. The summed E-state index contributed by atoms with van der Waals surface area (Å²) in [4.78, 5) is 18.9. The molecule has 0 saturated carbocycles. The lowest BCUT2D eigenvalue weighted by Gasteiger charge is -2.22. The van der Waals surface area contributed by atoms with E-state index in [1.165, 1.54) is 17.3 Å². The molecule has 0 saturated heterocycles. The number of anilines is 1. The van der Waals surface area contributed by atoms with Crippen molar-refractivity contribution < 1.29 is 4.79 Å². The monoisotopic (exact) mass is 379 g/mol. The minimum Gasteiger partial charge on any atom is -0.308 e. The molecule has 1 atom stereocenters. The third-order valence-electron chi connectivity index (χ3n) is 4.77. The first kappa shape index (κ1) is 17.7. The molecule has 138 valence electrons. The molecule has 3 aromatic rings. The zero-order valence-electron chi connectivity index (χ0n) is 15.4. The fourth-order valence-electron chi connectivity index (χ4n) is 3.54. The van der Waals surface area contributed by atoms with Gasteiger partial charge in [-0.3, -0.25) is 9.78 Å². The summed E-state index contributed by atoms with van der Waals surface area (Å²) in [5, 5.41) is 9.39. The van der Waals surface area contributed by atoms with E-state index in [1.54, 1.807) is 12.4 Å². The topological polar surface area (TPSA) is 63.9 Å². The molecular formula is C20H21N5OS. The summed E-state index contributed by atoms with van der Waals surface area (Å²) in [6.45, 7) is 4.89. The van der Waals surface area contributed by atoms with Crippen molar-refractivity contribution in [3.8, 4) is 11.4 Å². The predicted octanol–water partition coefficient (Wildman–Crippen LogP) is 3.43. The van der Waals surface area contributed by atoms with Gasteiger partial charge in [0.25, 0.3) is 0 Å². The lowest BCUT2D eigenvalue weighted by Crippen LogP contribution is -2.37. The molecule has 0 spiro atoms. The molecule has 0 radical (unpaired) electrons. The molecule has 0 fully saturated rings. The third kappa shape index (κ3) is 3.35. The van der Waals surface area contributed by atoms with Gasteiger partial charge in [0.1, 0.15) is 0 Å². The van der Waals surface area contributed by atoms with Crippen LogP contribution in [0.3, 0.4) is 0 Å². The van der Waals surface area contributed by atoms with E-state index in [1.807, 2.05) is 39.8 Å². The summed E-state index contributed by atoms with van der Waals surface area (Å²) in [5.74, 6) is 1.25. The molecule has 1 unspecified atom stereocenters. The normalized spacial score (nSPS) is 15.8. The quantitative estimate of drug-likeness (QED) is 0.636. The van der Waals surface area contributed by atoms with Crippen LogP contribution in [0, 0.1) is 0 Å². The summed E-state index contributed by atoms with van der Waals surface area (Å²) in [7, 11) is 0. The number of hydrogen-bond acceptors (Lipinski definition) is 5. The number of rotatable bonds is 5. The minimum absolute atomic E-state index is 0.105. The van der Waals surface area contributed by atoms with E-state index in [0.29, 0.717) is 5.75 Å². The Morgan fingerprint density at radius 1 is 1.19 bits per heavy atom. The number of pyridine rings is 1. The van der Waals surface area contributed by atoms with Crippen molar-refractivity contribution in [2.75, 3.05) is 10.7 Å². The van der Waals surface area contributed by atoms with Crippen LogP contribution in [0.1, 0.15) is 19.4 Å². The molecule has 7 heteroatoms. The third-order valence-corrected chi connectivity index (χ3v) is 5.72. The van der Waals surface area contributed by atoms with Crippen LogP contribution >= 0.6 is 11.8 Å². The van der Waals surface area contributed by atoms with E-state index in [-0.39, 0.29) is 11.9 Å². The van der Waals surface area contributed by atoms with Gasteiger partial charge < -0.3 is 9.47 Å². The number of benzene rings is 1. The Morgan fingerprint density at radius 3 is 2.74 bits per heavy atom. The second-order valence-corrected chi connectivity index (χ2v) is 7.46. The number of para-hydroxylation sites is 1. The Hall–Kier alpha value is -2.67. The van der Waals surface area contributed by atoms with Gasteiger partial charge in [0.2, 0.25) is 5.91 Å². The first-order chi connectivity index (χ1) is 13.2. The maximum absolute atomic E-state index is 12.9. The van der Waals surface area contributed by atoms with Crippen molar-refractivity contribution in [3.05, 3.63) is 54.4 Å². The highest BCUT2D eigenvalue weighted by Gasteiger charge is 2.30. The number of thioether (sulfide) groups is 1. The Labute approximate surface area is 162 Å². The van der Waals surface area contributed by atoms with Gasteiger partial charge in [0.05, 0.1) is 5.75 Å². The molecule has 1 aliphatic heterocycles. The first-order valence-electron chi connectivity index (χ1n) is 9.05. The van der Waals surface area contributed by atoms with Gasteiger partial charge in [0, 0.05) is 36.2 Å². The number of carbonyl (C=O) groups excluding carboxylic acids is 1. The van der Waals surface area contributed by atoms with Gasteiger partial charge in [-0.05, 0) is 44.0 Å². The van der Waals surface area contributed by atoms with E-state index in [9.17, 15) is 4.79 Å². The van der Waals surface area contributed by atoms with Crippen LogP contribution in [-0.4, -0.2) is 37.5 Å². The molecular weight excluding hydrogens is 358 g/mol. The van der Waals surface area contributed by atoms with E-state index < -0.39 is 0 Å². The lowest BCUT2D eigenvalue weighted by molar-refractivity contribution is -0.116. The summed E-state index contributed by atoms with van der Waals surface area (Å²) in [5.41, 5.74) is 3.24. The van der Waals surface area contributed by atoms with Gasteiger partial charge in [-0.25, -0.2) is 0 Å². The van der Waals surface area contributed by atoms with E-state index >= 15 is 0 Å². The molecule has 0 aliphatic carbocycles. The fourth-order valence-corrected chi connectivity index (χ4v) is 4.40. The molecule has 1 amide bonds. The Balaban J connectivity index is 1.51. The second-order valence-electron chi connectivity index (χ2n) is 6.52. The number of carbonyl (C=O) groups is 1. The van der Waals surface area contributed by atoms with Crippen molar-refractivity contribution in [1.29, 1.82) is 0 Å². The SMILES string of the molecule is CCn1c(SCC(=O)N2c3ccccc3CC2C)nnc1-c1ccncc1. The van der Waals surface area contributed by atoms with Crippen molar-refractivity contribution in [2.24, 2.45) is 0 Å². The van der Waals surface area contributed by atoms with Crippen LogP contribution in [0.25, 0.3) is 11.4 Å². The maximum Gasteiger partial charge on any atom is 0.237 e. The van der Waals surface area contributed by atoms with Crippen LogP contribution < -0.4 is 4.90 Å². The van der Waals surface area contributed by atoms with Crippen LogP contribution in [0.15, 0.2) is 53.9 Å². The Morgan fingerprint density at radius 2 is 1.96 bits per heavy atom. The second kappa shape index (κ2) is 7.52. The highest BCUT2D eigenvalue weighted by Crippen LogP contribution is 2.33. The van der Waals surface area contributed by atoms with Crippen LogP contribution in [0.5, 0.6) is 0 Å². The van der Waals surface area contributed by atoms with Gasteiger partial charge in [-0.1, -0.05) is 30.0 Å². The summed E-state index contributed by atoms with van der Waals surface area (Å²) in [6.07, 6.45) is 4.39. The zero-order chi connectivity index (χ0) is 18.8. The highest BCUT2D eigenvalue weighted by molar-refractivity contribution is 7.99.